The quantitative estimate of drug-likeness (QED) is 0.647. The maximum absolute atomic E-state index is 12.2. The Morgan fingerprint density at radius 2 is 2.16 bits per heavy atom. The van der Waals surface area contributed by atoms with E-state index in [9.17, 15) is 4.79 Å². The molecule has 0 atom stereocenters. The molecule has 138 valence electrons. The Morgan fingerprint density at radius 1 is 1.36 bits per heavy atom. The lowest BCUT2D eigenvalue weighted by Gasteiger charge is -2.09. The second-order valence-electron chi connectivity index (χ2n) is 5.46. The van der Waals surface area contributed by atoms with Crippen molar-refractivity contribution >= 4 is 35.3 Å². The molecule has 3 N–H and O–H groups in total. The third-order valence-electron chi connectivity index (χ3n) is 3.09. The summed E-state index contributed by atoms with van der Waals surface area (Å²) in [7, 11) is 0. The fourth-order valence-electron chi connectivity index (χ4n) is 1.98. The molecule has 8 heteroatoms. The van der Waals surface area contributed by atoms with Crippen LogP contribution in [-0.2, 0) is 22.6 Å². The van der Waals surface area contributed by atoms with Crippen LogP contribution in [0.2, 0.25) is 0 Å². The van der Waals surface area contributed by atoms with Gasteiger partial charge in [-0.2, -0.15) is 0 Å². The first-order valence-electron chi connectivity index (χ1n) is 7.82. The SMILES string of the molecule is CC(C)OCCOCc1cccc(NC(=O)c2csc(CN)n2)c1.Cl. The number of anilines is 1. The maximum Gasteiger partial charge on any atom is 0.275 e. The highest BCUT2D eigenvalue weighted by atomic mass is 35.5. The second-order valence-corrected chi connectivity index (χ2v) is 6.40. The predicted octanol–water partition coefficient (Wildman–Crippen LogP) is 3.22. The molecule has 1 heterocycles. The van der Waals surface area contributed by atoms with E-state index in [4.69, 9.17) is 15.2 Å². The zero-order chi connectivity index (χ0) is 17.4. The van der Waals surface area contributed by atoms with Gasteiger partial charge in [0, 0.05) is 17.6 Å². The van der Waals surface area contributed by atoms with Gasteiger partial charge in [-0.1, -0.05) is 12.1 Å². The monoisotopic (exact) mass is 385 g/mol. The lowest BCUT2D eigenvalue weighted by Crippen LogP contribution is -2.13. The fraction of sp³-hybridized carbons (Fsp3) is 0.412. The first-order chi connectivity index (χ1) is 11.6. The van der Waals surface area contributed by atoms with Gasteiger partial charge in [0.25, 0.3) is 5.91 Å². The van der Waals surface area contributed by atoms with Gasteiger partial charge in [-0.3, -0.25) is 4.79 Å². The molecule has 0 saturated heterocycles. The number of carbonyl (C=O) groups excluding carboxylic acids is 1. The lowest BCUT2D eigenvalue weighted by atomic mass is 10.2. The number of thiazole rings is 1. The number of hydrogen-bond donors (Lipinski definition) is 2. The minimum Gasteiger partial charge on any atom is -0.376 e. The van der Waals surface area contributed by atoms with Crippen molar-refractivity contribution in [3.8, 4) is 0 Å². The van der Waals surface area contributed by atoms with Gasteiger partial charge in [-0.15, -0.1) is 23.7 Å². The van der Waals surface area contributed by atoms with Gasteiger partial charge in [0.1, 0.15) is 10.7 Å². The Morgan fingerprint density at radius 3 is 2.84 bits per heavy atom. The van der Waals surface area contributed by atoms with Crippen molar-refractivity contribution in [2.75, 3.05) is 18.5 Å². The summed E-state index contributed by atoms with van der Waals surface area (Å²) in [4.78, 5) is 16.3. The van der Waals surface area contributed by atoms with E-state index in [-0.39, 0.29) is 24.4 Å². The molecule has 0 aliphatic rings. The van der Waals surface area contributed by atoms with Crippen LogP contribution in [0.3, 0.4) is 0 Å². The van der Waals surface area contributed by atoms with Crippen LogP contribution in [0.15, 0.2) is 29.6 Å². The number of hydrogen-bond acceptors (Lipinski definition) is 6. The van der Waals surface area contributed by atoms with Gasteiger partial charge in [0.2, 0.25) is 0 Å². The second kappa shape index (κ2) is 11.2. The van der Waals surface area contributed by atoms with Gasteiger partial charge < -0.3 is 20.5 Å². The molecule has 0 unspecified atom stereocenters. The molecule has 2 rings (SSSR count). The van der Waals surface area contributed by atoms with Gasteiger partial charge in [0.05, 0.1) is 25.9 Å². The van der Waals surface area contributed by atoms with Gasteiger partial charge in [-0.25, -0.2) is 4.98 Å². The van der Waals surface area contributed by atoms with Crippen molar-refractivity contribution in [3.63, 3.8) is 0 Å². The van der Waals surface area contributed by atoms with Crippen LogP contribution in [0.25, 0.3) is 0 Å². The van der Waals surface area contributed by atoms with Crippen LogP contribution in [0.1, 0.15) is 34.9 Å². The van der Waals surface area contributed by atoms with Crippen molar-refractivity contribution in [2.24, 2.45) is 5.73 Å². The molecule has 6 nitrogen and oxygen atoms in total. The van der Waals surface area contributed by atoms with Crippen molar-refractivity contribution < 1.29 is 14.3 Å². The highest BCUT2D eigenvalue weighted by Gasteiger charge is 2.10. The van der Waals surface area contributed by atoms with E-state index in [1.165, 1.54) is 11.3 Å². The number of nitrogens with two attached hydrogens (primary N) is 1. The topological polar surface area (TPSA) is 86.5 Å². The summed E-state index contributed by atoms with van der Waals surface area (Å²) in [5, 5.41) is 5.29. The number of nitrogens with zero attached hydrogens (tertiary/aromatic N) is 1. The fourth-order valence-corrected chi connectivity index (χ4v) is 2.63. The van der Waals surface area contributed by atoms with E-state index in [0.717, 1.165) is 10.6 Å². The van der Waals surface area contributed by atoms with E-state index < -0.39 is 0 Å². The minimum atomic E-state index is -0.241. The Bertz CT molecular complexity index is 664. The molecular formula is C17H24ClN3O3S. The summed E-state index contributed by atoms with van der Waals surface area (Å²) in [6.07, 6.45) is 0.206. The summed E-state index contributed by atoms with van der Waals surface area (Å²) in [6, 6.07) is 7.55. The smallest absolute Gasteiger partial charge is 0.275 e. The summed E-state index contributed by atoms with van der Waals surface area (Å²) < 4.78 is 11.0. The Kier molecular flexibility index (Phi) is 9.62. The van der Waals surface area contributed by atoms with Crippen LogP contribution in [0.4, 0.5) is 5.69 Å². The van der Waals surface area contributed by atoms with Crippen molar-refractivity contribution in [1.29, 1.82) is 0 Å². The number of aromatic nitrogens is 1. The number of carbonyl (C=O) groups is 1. The van der Waals surface area contributed by atoms with E-state index in [0.29, 0.717) is 37.7 Å². The molecule has 0 aliphatic heterocycles. The zero-order valence-corrected chi connectivity index (χ0v) is 16.0. The number of benzene rings is 1. The summed E-state index contributed by atoms with van der Waals surface area (Å²) in [6.45, 7) is 5.90. The largest absolute Gasteiger partial charge is 0.376 e. The predicted molar refractivity (Wildman–Crippen MR) is 102 cm³/mol. The minimum absolute atomic E-state index is 0. The van der Waals surface area contributed by atoms with E-state index in [1.807, 2.05) is 38.1 Å². The molecule has 0 bridgehead atoms. The van der Waals surface area contributed by atoms with E-state index >= 15 is 0 Å². The van der Waals surface area contributed by atoms with Crippen LogP contribution < -0.4 is 11.1 Å². The Labute approximate surface area is 158 Å². The number of amides is 1. The van der Waals surface area contributed by atoms with E-state index in [1.54, 1.807) is 5.38 Å². The average Bonchev–Trinajstić information content (AvgIpc) is 3.04. The molecule has 0 spiro atoms. The number of nitrogens with one attached hydrogen (secondary N) is 1. The van der Waals surface area contributed by atoms with Gasteiger partial charge in [-0.05, 0) is 31.5 Å². The maximum atomic E-state index is 12.2. The average molecular weight is 386 g/mol. The van der Waals surface area contributed by atoms with Crippen LogP contribution in [0.5, 0.6) is 0 Å². The van der Waals surface area contributed by atoms with E-state index in [2.05, 4.69) is 10.3 Å². The lowest BCUT2D eigenvalue weighted by molar-refractivity contribution is 0.0143. The summed E-state index contributed by atoms with van der Waals surface area (Å²) in [5.74, 6) is -0.241. The molecule has 2 aromatic rings. The highest BCUT2D eigenvalue weighted by molar-refractivity contribution is 7.09. The molecular weight excluding hydrogens is 362 g/mol. The van der Waals surface area contributed by atoms with Crippen LogP contribution in [-0.4, -0.2) is 30.2 Å². The zero-order valence-electron chi connectivity index (χ0n) is 14.4. The summed E-state index contributed by atoms with van der Waals surface area (Å²) >= 11 is 1.38. The molecule has 0 saturated carbocycles. The summed E-state index contributed by atoms with van der Waals surface area (Å²) in [5.41, 5.74) is 7.59. The molecule has 0 aliphatic carbocycles. The van der Waals surface area contributed by atoms with Crippen molar-refractivity contribution in [3.05, 3.63) is 45.9 Å². The number of rotatable bonds is 9. The first-order valence-corrected chi connectivity index (χ1v) is 8.70. The van der Waals surface area contributed by atoms with Crippen molar-refractivity contribution in [1.82, 2.24) is 4.98 Å². The third-order valence-corrected chi connectivity index (χ3v) is 3.96. The van der Waals surface area contributed by atoms with Gasteiger partial charge in [0.15, 0.2) is 0 Å². The normalized spacial score (nSPS) is 10.6. The van der Waals surface area contributed by atoms with Crippen LogP contribution >= 0.6 is 23.7 Å². The van der Waals surface area contributed by atoms with Crippen LogP contribution in [0, 0.1) is 0 Å². The number of halogens is 1. The highest BCUT2D eigenvalue weighted by Crippen LogP contribution is 2.15. The molecule has 1 amide bonds. The molecule has 1 aromatic heterocycles. The first kappa shape index (κ1) is 21.5. The molecule has 1 aromatic carbocycles. The molecule has 25 heavy (non-hydrogen) atoms. The third kappa shape index (κ3) is 7.50. The van der Waals surface area contributed by atoms with Crippen molar-refractivity contribution in [2.45, 2.75) is 33.1 Å². The number of ether oxygens (including phenoxy) is 2. The molecule has 0 radical (unpaired) electrons. The Balaban J connectivity index is 0.00000312. The van der Waals surface area contributed by atoms with Gasteiger partial charge >= 0.3 is 0 Å². The Hall–Kier alpha value is -1.51. The molecule has 0 fully saturated rings. The standard InChI is InChI=1S/C17H23N3O3S.ClH/c1-12(2)23-7-6-22-10-13-4-3-5-14(8-13)19-17(21)15-11-24-16(9-18)20-15;/h3-5,8,11-12H,6-7,9-10,18H2,1-2H3,(H,19,21);1H.